The molecule has 0 radical (unpaired) electrons. The Morgan fingerprint density at radius 2 is 1.97 bits per heavy atom. The van der Waals surface area contributed by atoms with Gasteiger partial charge in [-0.3, -0.25) is 4.98 Å². The van der Waals surface area contributed by atoms with Gasteiger partial charge in [-0.05, 0) is 62.1 Å². The van der Waals surface area contributed by atoms with Gasteiger partial charge in [0.2, 0.25) is 0 Å². The van der Waals surface area contributed by atoms with Crippen molar-refractivity contribution in [2.24, 2.45) is 0 Å². The first-order valence-electron chi connectivity index (χ1n) is 11.0. The fourth-order valence-corrected chi connectivity index (χ4v) is 4.79. The van der Waals surface area contributed by atoms with Gasteiger partial charge in [0.1, 0.15) is 6.61 Å². The van der Waals surface area contributed by atoms with Gasteiger partial charge in [-0.1, -0.05) is 13.3 Å². The number of fused-ring (bicyclic) bond motifs is 4. The number of pyridine rings is 1. The summed E-state index contributed by atoms with van der Waals surface area (Å²) in [5.41, 5.74) is 3.44. The van der Waals surface area contributed by atoms with Crippen LogP contribution in [-0.4, -0.2) is 30.3 Å². The van der Waals surface area contributed by atoms with E-state index in [-0.39, 0.29) is 12.1 Å². The highest BCUT2D eigenvalue weighted by Gasteiger charge is 2.32. The molecule has 0 spiro atoms. The van der Waals surface area contributed by atoms with Crippen molar-refractivity contribution < 1.29 is 18.3 Å². The van der Waals surface area contributed by atoms with Crippen LogP contribution in [-0.2, 0) is 6.42 Å². The highest BCUT2D eigenvalue weighted by Crippen LogP contribution is 2.40. The Morgan fingerprint density at radius 3 is 2.81 bits per heavy atom. The molecule has 2 aliphatic rings. The minimum absolute atomic E-state index is 0.224. The number of aromatic nitrogens is 1. The molecule has 0 saturated heterocycles. The number of hydrogen-bond acceptors (Lipinski definition) is 4. The molecule has 3 heterocycles. The van der Waals surface area contributed by atoms with Crippen LogP contribution in [0.25, 0.3) is 10.9 Å². The predicted molar refractivity (Wildman–Crippen MR) is 117 cm³/mol. The third kappa shape index (κ3) is 3.68. The van der Waals surface area contributed by atoms with Gasteiger partial charge in [-0.25, -0.2) is 8.78 Å². The fourth-order valence-electron chi connectivity index (χ4n) is 4.79. The van der Waals surface area contributed by atoms with E-state index in [2.05, 4.69) is 16.8 Å². The van der Waals surface area contributed by atoms with Crippen molar-refractivity contribution in [1.82, 2.24) is 4.98 Å². The zero-order valence-corrected chi connectivity index (χ0v) is 17.8. The molecule has 2 aliphatic heterocycles. The Bertz CT molecular complexity index is 1130. The van der Waals surface area contributed by atoms with Crippen molar-refractivity contribution in [3.63, 3.8) is 0 Å². The summed E-state index contributed by atoms with van der Waals surface area (Å²) in [5.74, 6) is -0.171. The molecule has 0 fully saturated rings. The van der Waals surface area contributed by atoms with Gasteiger partial charge in [0, 0.05) is 28.9 Å². The average Bonchev–Trinajstić information content (AvgIpc) is 2.76. The molecule has 1 aromatic heterocycles. The molecule has 2 atom stereocenters. The van der Waals surface area contributed by atoms with Gasteiger partial charge in [-0.15, -0.1) is 0 Å². The first-order chi connectivity index (χ1) is 15.0. The summed E-state index contributed by atoms with van der Waals surface area (Å²) in [6.07, 6.45) is 3.48. The molecule has 5 rings (SSSR count). The zero-order chi connectivity index (χ0) is 21.5. The number of ether oxygens (including phenoxy) is 2. The quantitative estimate of drug-likeness (QED) is 0.547. The first-order valence-corrected chi connectivity index (χ1v) is 11.0. The molecule has 4 nitrogen and oxygen atoms in total. The topological polar surface area (TPSA) is 34.6 Å². The molecular weight excluding hydrogens is 398 g/mol. The second kappa shape index (κ2) is 7.98. The van der Waals surface area contributed by atoms with Crippen molar-refractivity contribution in [2.45, 2.75) is 51.7 Å². The molecule has 0 N–H and O–H groups in total. The van der Waals surface area contributed by atoms with E-state index in [1.54, 1.807) is 0 Å². The summed E-state index contributed by atoms with van der Waals surface area (Å²) in [5, 5.41) is 0.921. The second-order valence-electron chi connectivity index (χ2n) is 8.49. The van der Waals surface area contributed by atoms with E-state index in [1.165, 1.54) is 12.1 Å². The molecular formula is C25H26F2N2O2. The van der Waals surface area contributed by atoms with Crippen LogP contribution >= 0.6 is 0 Å². The van der Waals surface area contributed by atoms with E-state index in [1.807, 2.05) is 31.2 Å². The number of rotatable bonds is 4. The van der Waals surface area contributed by atoms with E-state index in [0.717, 1.165) is 53.5 Å². The lowest BCUT2D eigenvalue weighted by molar-refractivity contribution is 0.0951. The van der Waals surface area contributed by atoms with E-state index in [4.69, 9.17) is 9.47 Å². The molecule has 2 aromatic carbocycles. The Balaban J connectivity index is 1.46. The lowest BCUT2D eigenvalue weighted by Gasteiger charge is -2.41. The number of benzene rings is 2. The molecule has 162 valence electrons. The normalized spacial score (nSPS) is 20.1. The average molecular weight is 424 g/mol. The number of nitrogens with zero attached hydrogens (tertiary/aromatic N) is 2. The number of hydrogen-bond donors (Lipinski definition) is 0. The molecule has 0 bridgehead atoms. The van der Waals surface area contributed by atoms with Crippen LogP contribution in [0, 0.1) is 18.6 Å². The highest BCUT2D eigenvalue weighted by atomic mass is 19.2. The predicted octanol–water partition coefficient (Wildman–Crippen LogP) is 5.58. The summed E-state index contributed by atoms with van der Waals surface area (Å²) in [6, 6.07) is 10.8. The van der Waals surface area contributed by atoms with Crippen LogP contribution in [0.5, 0.6) is 11.5 Å². The van der Waals surface area contributed by atoms with Crippen LogP contribution in [0.2, 0.25) is 0 Å². The lowest BCUT2D eigenvalue weighted by atomic mass is 9.92. The largest absolute Gasteiger partial charge is 0.486 e. The Morgan fingerprint density at radius 1 is 1.13 bits per heavy atom. The minimum Gasteiger partial charge on any atom is -0.486 e. The van der Waals surface area contributed by atoms with Crippen molar-refractivity contribution in [2.75, 3.05) is 18.1 Å². The first kappa shape index (κ1) is 20.0. The highest BCUT2D eigenvalue weighted by molar-refractivity contribution is 5.88. The number of aryl methyl sites for hydroxylation is 2. The second-order valence-corrected chi connectivity index (χ2v) is 8.49. The third-order valence-corrected chi connectivity index (χ3v) is 6.28. The van der Waals surface area contributed by atoms with Crippen molar-refractivity contribution in [1.29, 1.82) is 0 Å². The Labute approximate surface area is 180 Å². The minimum atomic E-state index is -0.806. The smallest absolute Gasteiger partial charge is 0.171 e. The van der Waals surface area contributed by atoms with Gasteiger partial charge in [0.25, 0.3) is 0 Å². The lowest BCUT2D eigenvalue weighted by Crippen LogP contribution is -2.47. The summed E-state index contributed by atoms with van der Waals surface area (Å²) < 4.78 is 40.4. The molecule has 3 aromatic rings. The van der Waals surface area contributed by atoms with Crippen LogP contribution in [0.15, 0.2) is 36.4 Å². The SMILES string of the molecule is CCCC1CCc2cc(F)c(F)cc2N1CC1COc2ccc3nc(C)ccc3c2O1. The molecule has 0 amide bonds. The van der Waals surface area contributed by atoms with E-state index in [9.17, 15) is 8.78 Å². The van der Waals surface area contributed by atoms with Crippen LogP contribution in [0.3, 0.4) is 0 Å². The fraction of sp³-hybridized carbons (Fsp3) is 0.400. The molecule has 2 unspecified atom stereocenters. The van der Waals surface area contributed by atoms with E-state index < -0.39 is 11.6 Å². The van der Waals surface area contributed by atoms with Crippen molar-refractivity contribution in [3.8, 4) is 11.5 Å². The van der Waals surface area contributed by atoms with E-state index >= 15 is 0 Å². The molecule has 31 heavy (non-hydrogen) atoms. The van der Waals surface area contributed by atoms with Crippen LogP contribution < -0.4 is 14.4 Å². The van der Waals surface area contributed by atoms with Crippen molar-refractivity contribution in [3.05, 3.63) is 59.3 Å². The van der Waals surface area contributed by atoms with Gasteiger partial charge in [0.15, 0.2) is 29.2 Å². The molecule has 0 aliphatic carbocycles. The van der Waals surface area contributed by atoms with Crippen LogP contribution in [0.1, 0.15) is 37.4 Å². The Kier molecular flexibility index (Phi) is 5.16. The monoisotopic (exact) mass is 424 g/mol. The summed E-state index contributed by atoms with van der Waals surface area (Å²) in [6.45, 7) is 5.07. The van der Waals surface area contributed by atoms with Gasteiger partial charge < -0.3 is 14.4 Å². The van der Waals surface area contributed by atoms with Crippen LogP contribution in [0.4, 0.5) is 14.5 Å². The maximum atomic E-state index is 14.1. The van der Waals surface area contributed by atoms with Crippen molar-refractivity contribution >= 4 is 16.6 Å². The summed E-state index contributed by atoms with van der Waals surface area (Å²) >= 11 is 0. The summed E-state index contributed by atoms with van der Waals surface area (Å²) in [4.78, 5) is 6.78. The number of anilines is 1. The standard InChI is InChI=1S/C25H26F2N2O2/c1-3-4-17-7-6-16-11-20(26)21(27)12-23(16)29(17)13-18-14-30-24-10-9-22-19(25(24)31-18)8-5-15(2)28-22/h5,8-12,17-18H,3-4,6-7,13-14H2,1-2H3. The maximum Gasteiger partial charge on any atom is 0.171 e. The number of halogens is 2. The molecule has 6 heteroatoms. The third-order valence-electron chi connectivity index (χ3n) is 6.28. The summed E-state index contributed by atoms with van der Waals surface area (Å²) in [7, 11) is 0. The van der Waals surface area contributed by atoms with Gasteiger partial charge in [0.05, 0.1) is 12.1 Å². The molecule has 0 saturated carbocycles. The Hall–Kier alpha value is -2.89. The maximum absolute atomic E-state index is 14.1. The van der Waals surface area contributed by atoms with Gasteiger partial charge in [-0.2, -0.15) is 0 Å². The zero-order valence-electron chi connectivity index (χ0n) is 17.8. The van der Waals surface area contributed by atoms with E-state index in [0.29, 0.717) is 24.7 Å². The van der Waals surface area contributed by atoms with Gasteiger partial charge >= 0.3 is 0 Å².